The van der Waals surface area contributed by atoms with Gasteiger partial charge in [0.15, 0.2) is 0 Å². The lowest BCUT2D eigenvalue weighted by atomic mass is 10.1. The fourth-order valence-electron chi connectivity index (χ4n) is 3.62. The van der Waals surface area contributed by atoms with E-state index in [-0.39, 0.29) is 6.10 Å². The minimum absolute atomic E-state index is 0.0805. The summed E-state index contributed by atoms with van der Waals surface area (Å²) in [7, 11) is 1.72. The Hall–Kier alpha value is -2.94. The summed E-state index contributed by atoms with van der Waals surface area (Å²) >= 11 is 0. The molecule has 0 aliphatic carbocycles. The van der Waals surface area contributed by atoms with E-state index in [1.165, 1.54) is 22.3 Å². The van der Waals surface area contributed by atoms with E-state index in [9.17, 15) is 0 Å². The summed E-state index contributed by atoms with van der Waals surface area (Å²) in [6.45, 7) is 12.6. The molecule has 0 radical (unpaired) electrons. The molecule has 0 aromatic heterocycles. The fraction of sp³-hybridized carbons (Fsp3) is 0.308. The highest BCUT2D eigenvalue weighted by Crippen LogP contribution is 2.45. The molecular weight excluding hydrogens is 358 g/mol. The van der Waals surface area contributed by atoms with Crippen LogP contribution in [0.2, 0.25) is 0 Å². The maximum absolute atomic E-state index is 6.21. The molecule has 29 heavy (non-hydrogen) atoms. The average molecular weight is 390 g/mol. The van der Waals surface area contributed by atoms with Crippen LogP contribution in [-0.4, -0.2) is 13.2 Å². The summed E-state index contributed by atoms with van der Waals surface area (Å²) in [5, 5.41) is 0. The molecule has 0 unspecified atom stereocenters. The molecule has 3 heteroatoms. The summed E-state index contributed by atoms with van der Waals surface area (Å²) in [4.78, 5) is 2.25. The van der Waals surface area contributed by atoms with Crippen molar-refractivity contribution in [2.45, 2.75) is 47.6 Å². The third-order valence-corrected chi connectivity index (χ3v) is 4.76. The maximum atomic E-state index is 6.21. The number of nitrogens with zero attached hydrogens (tertiary/aromatic N) is 1. The second-order valence-electron chi connectivity index (χ2n) is 7.99. The predicted molar refractivity (Wildman–Crippen MR) is 122 cm³/mol. The topological polar surface area (TPSA) is 21.7 Å². The summed E-state index contributed by atoms with van der Waals surface area (Å²) in [5.74, 6) is 1.68. The third kappa shape index (κ3) is 4.73. The highest BCUT2D eigenvalue weighted by Gasteiger charge is 2.21. The molecule has 0 atom stereocenters. The van der Waals surface area contributed by atoms with Crippen molar-refractivity contribution < 1.29 is 9.47 Å². The lowest BCUT2D eigenvalue weighted by Crippen LogP contribution is -2.15. The van der Waals surface area contributed by atoms with Crippen molar-refractivity contribution in [2.75, 3.05) is 12.0 Å². The minimum atomic E-state index is 0.0805. The molecule has 152 valence electrons. The van der Waals surface area contributed by atoms with Crippen LogP contribution in [0.1, 0.15) is 36.1 Å². The zero-order valence-electron chi connectivity index (χ0n) is 18.5. The van der Waals surface area contributed by atoms with E-state index in [2.05, 4.69) is 95.0 Å². The molecule has 0 heterocycles. The largest absolute Gasteiger partial charge is 0.495 e. The number of hydrogen-bond donors (Lipinski definition) is 0. The monoisotopic (exact) mass is 389 g/mol. The number of aryl methyl sites for hydroxylation is 4. The Morgan fingerprint density at radius 2 is 1.17 bits per heavy atom. The van der Waals surface area contributed by atoms with Gasteiger partial charge in [-0.3, -0.25) is 0 Å². The van der Waals surface area contributed by atoms with Crippen LogP contribution in [0, 0.1) is 27.7 Å². The highest BCUT2D eigenvalue weighted by molar-refractivity contribution is 5.84. The molecule has 3 rings (SSSR count). The molecule has 3 aromatic rings. The lowest BCUT2D eigenvalue weighted by Gasteiger charge is -2.30. The van der Waals surface area contributed by atoms with E-state index in [1.54, 1.807) is 7.11 Å². The summed E-state index contributed by atoms with van der Waals surface area (Å²) < 4.78 is 12.0. The van der Waals surface area contributed by atoms with Crippen molar-refractivity contribution >= 4 is 17.1 Å². The molecule has 3 nitrogen and oxygen atoms in total. The number of rotatable bonds is 6. The van der Waals surface area contributed by atoms with Crippen LogP contribution in [0.15, 0.2) is 54.6 Å². The first-order valence-electron chi connectivity index (χ1n) is 10.1. The molecule has 0 fully saturated rings. The second-order valence-corrected chi connectivity index (χ2v) is 7.99. The molecule has 0 spiro atoms. The molecule has 0 N–H and O–H groups in total. The first-order valence-corrected chi connectivity index (χ1v) is 10.1. The van der Waals surface area contributed by atoms with Gasteiger partial charge in [-0.15, -0.1) is 0 Å². The van der Waals surface area contributed by atoms with E-state index in [1.807, 2.05) is 6.07 Å². The van der Waals surface area contributed by atoms with E-state index < -0.39 is 0 Å². The van der Waals surface area contributed by atoms with Crippen LogP contribution in [0.5, 0.6) is 11.5 Å². The number of benzene rings is 3. The first kappa shape index (κ1) is 20.8. The number of anilines is 3. The second kappa shape index (κ2) is 8.60. The molecule has 0 saturated heterocycles. The van der Waals surface area contributed by atoms with Gasteiger partial charge in [-0.05, 0) is 100 Å². The molecule has 0 amide bonds. The zero-order valence-corrected chi connectivity index (χ0v) is 18.5. The van der Waals surface area contributed by atoms with Crippen LogP contribution in [-0.2, 0) is 0 Å². The Morgan fingerprint density at radius 3 is 1.69 bits per heavy atom. The first-order chi connectivity index (χ1) is 13.8. The van der Waals surface area contributed by atoms with Gasteiger partial charge in [-0.2, -0.15) is 0 Å². The SMILES string of the molecule is COc1ccc(C)cc1N(c1cc(C)cc(C)c1)c1cc(C)ccc1OC(C)C. The molecule has 0 saturated carbocycles. The van der Waals surface area contributed by atoms with Crippen molar-refractivity contribution in [3.63, 3.8) is 0 Å². The molecular formula is C26H31NO2. The van der Waals surface area contributed by atoms with Gasteiger partial charge >= 0.3 is 0 Å². The van der Waals surface area contributed by atoms with Crippen molar-refractivity contribution in [1.29, 1.82) is 0 Å². The van der Waals surface area contributed by atoms with E-state index in [4.69, 9.17) is 9.47 Å². The molecule has 0 bridgehead atoms. The Labute approximate surface area is 174 Å². The van der Waals surface area contributed by atoms with Crippen LogP contribution in [0.4, 0.5) is 17.1 Å². The lowest BCUT2D eigenvalue weighted by molar-refractivity contribution is 0.243. The normalized spacial score (nSPS) is 10.9. The standard InChI is InChI=1S/C26H31NO2/c1-17(2)29-26-11-9-19(4)16-24(26)27(22-13-20(5)12-21(6)14-22)23-15-18(3)8-10-25(23)28-7/h8-17H,1-7H3. The molecule has 3 aromatic carbocycles. The minimum Gasteiger partial charge on any atom is -0.495 e. The van der Waals surface area contributed by atoms with Crippen molar-refractivity contribution in [2.24, 2.45) is 0 Å². The molecule has 0 aliphatic rings. The van der Waals surface area contributed by atoms with Crippen molar-refractivity contribution in [1.82, 2.24) is 0 Å². The Morgan fingerprint density at radius 1 is 0.655 bits per heavy atom. The van der Waals surface area contributed by atoms with Gasteiger partial charge in [0.2, 0.25) is 0 Å². The van der Waals surface area contributed by atoms with Crippen molar-refractivity contribution in [3.8, 4) is 11.5 Å². The Kier molecular flexibility index (Phi) is 6.17. The van der Waals surface area contributed by atoms with Gasteiger partial charge in [-0.1, -0.05) is 18.2 Å². The zero-order chi connectivity index (χ0) is 21.1. The van der Waals surface area contributed by atoms with Gasteiger partial charge in [0.25, 0.3) is 0 Å². The van der Waals surface area contributed by atoms with Crippen LogP contribution in [0.3, 0.4) is 0 Å². The number of ether oxygens (including phenoxy) is 2. The Balaban J connectivity index is 2.33. The summed E-state index contributed by atoms with van der Waals surface area (Å²) in [6, 6.07) is 19.2. The van der Waals surface area contributed by atoms with Crippen molar-refractivity contribution in [3.05, 3.63) is 76.9 Å². The average Bonchev–Trinajstić information content (AvgIpc) is 2.63. The van der Waals surface area contributed by atoms with E-state index >= 15 is 0 Å². The van der Waals surface area contributed by atoms with Crippen LogP contribution < -0.4 is 14.4 Å². The fourth-order valence-corrected chi connectivity index (χ4v) is 3.62. The van der Waals surface area contributed by atoms with Gasteiger partial charge < -0.3 is 14.4 Å². The third-order valence-electron chi connectivity index (χ3n) is 4.76. The Bertz CT molecular complexity index is 987. The van der Waals surface area contributed by atoms with Crippen LogP contribution >= 0.6 is 0 Å². The predicted octanol–water partition coefficient (Wildman–Crippen LogP) is 7.19. The smallest absolute Gasteiger partial charge is 0.143 e. The molecule has 0 aliphatic heterocycles. The number of methoxy groups -OCH3 is 1. The maximum Gasteiger partial charge on any atom is 0.143 e. The number of hydrogen-bond acceptors (Lipinski definition) is 3. The summed E-state index contributed by atoms with van der Waals surface area (Å²) in [6.07, 6.45) is 0.0805. The van der Waals surface area contributed by atoms with Gasteiger partial charge in [0.1, 0.15) is 11.5 Å². The summed E-state index contributed by atoms with van der Waals surface area (Å²) in [5.41, 5.74) is 7.88. The van der Waals surface area contributed by atoms with E-state index in [0.29, 0.717) is 0 Å². The highest BCUT2D eigenvalue weighted by atomic mass is 16.5. The quantitative estimate of drug-likeness (QED) is 0.445. The van der Waals surface area contributed by atoms with Gasteiger partial charge in [0, 0.05) is 5.69 Å². The van der Waals surface area contributed by atoms with Crippen LogP contribution in [0.25, 0.3) is 0 Å². The van der Waals surface area contributed by atoms with Gasteiger partial charge in [-0.25, -0.2) is 0 Å². The van der Waals surface area contributed by atoms with Gasteiger partial charge in [0.05, 0.1) is 24.6 Å². The van der Waals surface area contributed by atoms with E-state index in [0.717, 1.165) is 28.6 Å².